The topological polar surface area (TPSA) is 67.4 Å². The predicted octanol–water partition coefficient (Wildman–Crippen LogP) is 3.65. The van der Waals surface area contributed by atoms with E-state index < -0.39 is 0 Å². The van der Waals surface area contributed by atoms with Crippen molar-refractivity contribution in [3.63, 3.8) is 0 Å². The molecule has 0 saturated heterocycles. The number of rotatable bonds is 5. The molecule has 1 aromatic carbocycles. The second kappa shape index (κ2) is 9.37. The van der Waals surface area contributed by atoms with Crippen LogP contribution in [0.5, 0.6) is 0 Å². The molecular formula is C18H24N2O3S. The maximum atomic E-state index is 12.0. The molecule has 24 heavy (non-hydrogen) atoms. The number of thiocarbonyl (C=S) groups is 1. The fourth-order valence-electron chi connectivity index (χ4n) is 2.97. The fourth-order valence-corrected chi connectivity index (χ4v) is 3.20. The summed E-state index contributed by atoms with van der Waals surface area (Å²) in [5.74, 6) is 0.237. The lowest BCUT2D eigenvalue weighted by Gasteiger charge is -2.21. The predicted molar refractivity (Wildman–Crippen MR) is 98.0 cm³/mol. The third kappa shape index (κ3) is 5.92. The van der Waals surface area contributed by atoms with E-state index in [1.165, 1.54) is 39.2 Å². The summed E-state index contributed by atoms with van der Waals surface area (Å²) in [4.78, 5) is 23.3. The lowest BCUT2D eigenvalue weighted by Crippen LogP contribution is -2.34. The number of nitrogens with one attached hydrogen (secondary N) is 2. The molecule has 0 spiro atoms. The van der Waals surface area contributed by atoms with Gasteiger partial charge in [0, 0.05) is 12.1 Å². The Balaban J connectivity index is 1.73. The van der Waals surface area contributed by atoms with Crippen molar-refractivity contribution in [2.24, 2.45) is 5.92 Å². The van der Waals surface area contributed by atoms with Gasteiger partial charge in [0.25, 0.3) is 0 Å². The average Bonchev–Trinajstić information content (AvgIpc) is 2.60. The Morgan fingerprint density at radius 2 is 1.83 bits per heavy atom. The van der Waals surface area contributed by atoms with Crippen LogP contribution in [0.2, 0.25) is 0 Å². The molecule has 2 rings (SSSR count). The summed E-state index contributed by atoms with van der Waals surface area (Å²) >= 11 is 5.16. The van der Waals surface area contributed by atoms with Gasteiger partial charge in [-0.05, 0) is 48.8 Å². The lowest BCUT2D eigenvalue weighted by atomic mass is 9.86. The van der Waals surface area contributed by atoms with E-state index in [-0.39, 0.29) is 17.0 Å². The Bertz CT molecular complexity index is 580. The number of anilines is 1. The highest BCUT2D eigenvalue weighted by atomic mass is 32.1. The van der Waals surface area contributed by atoms with Crippen LogP contribution >= 0.6 is 12.2 Å². The zero-order valence-corrected chi connectivity index (χ0v) is 14.8. The highest BCUT2D eigenvalue weighted by Crippen LogP contribution is 2.27. The molecule has 1 fully saturated rings. The highest BCUT2D eigenvalue weighted by Gasteiger charge is 2.15. The van der Waals surface area contributed by atoms with Gasteiger partial charge >= 0.3 is 5.97 Å². The third-order valence-corrected chi connectivity index (χ3v) is 4.53. The minimum absolute atomic E-state index is 0.0516. The molecule has 6 heteroatoms. The van der Waals surface area contributed by atoms with Gasteiger partial charge in [-0.1, -0.05) is 32.1 Å². The normalized spacial score (nSPS) is 14.7. The van der Waals surface area contributed by atoms with Crippen LogP contribution in [0.4, 0.5) is 5.69 Å². The minimum Gasteiger partial charge on any atom is -0.465 e. The van der Waals surface area contributed by atoms with E-state index in [2.05, 4.69) is 15.4 Å². The molecule has 5 nitrogen and oxygen atoms in total. The zero-order valence-electron chi connectivity index (χ0n) is 14.0. The van der Waals surface area contributed by atoms with Crippen LogP contribution < -0.4 is 10.6 Å². The quantitative estimate of drug-likeness (QED) is 0.628. The second-order valence-corrected chi connectivity index (χ2v) is 6.52. The number of methoxy groups -OCH3 is 1. The molecule has 0 bridgehead atoms. The first-order chi connectivity index (χ1) is 11.6. The standard InChI is InChI=1S/C18H24N2O3S/c1-23-17(22)14-8-10-15(11-9-14)19-18(24)20-16(21)12-7-13-5-3-2-4-6-13/h8-11,13H,2-7,12H2,1H3,(H2,19,20,21,24). The molecule has 0 aromatic heterocycles. The van der Waals surface area contributed by atoms with Crippen molar-refractivity contribution in [1.82, 2.24) is 5.32 Å². The zero-order chi connectivity index (χ0) is 17.4. The number of esters is 1. The molecule has 0 aliphatic heterocycles. The van der Waals surface area contributed by atoms with Crippen molar-refractivity contribution in [2.45, 2.75) is 44.9 Å². The first-order valence-corrected chi connectivity index (χ1v) is 8.78. The van der Waals surface area contributed by atoms with Crippen molar-refractivity contribution in [3.05, 3.63) is 29.8 Å². The first kappa shape index (κ1) is 18.4. The van der Waals surface area contributed by atoms with E-state index in [1.807, 2.05) is 0 Å². The molecule has 0 radical (unpaired) electrons. The number of carbonyl (C=O) groups excluding carboxylic acids is 2. The SMILES string of the molecule is COC(=O)c1ccc(NC(=S)NC(=O)CCC2CCCCC2)cc1. The van der Waals surface area contributed by atoms with Crippen LogP contribution in [-0.4, -0.2) is 24.1 Å². The maximum Gasteiger partial charge on any atom is 0.337 e. The summed E-state index contributed by atoms with van der Waals surface area (Å²) in [6.07, 6.45) is 7.81. The summed E-state index contributed by atoms with van der Waals surface area (Å²) in [5, 5.41) is 5.92. The first-order valence-electron chi connectivity index (χ1n) is 8.37. The molecule has 2 N–H and O–H groups in total. The van der Waals surface area contributed by atoms with Crippen LogP contribution in [-0.2, 0) is 9.53 Å². The molecule has 1 aliphatic carbocycles. The molecule has 0 unspecified atom stereocenters. The second-order valence-electron chi connectivity index (χ2n) is 6.11. The van der Waals surface area contributed by atoms with E-state index in [0.29, 0.717) is 23.6 Å². The van der Waals surface area contributed by atoms with E-state index in [0.717, 1.165) is 6.42 Å². The summed E-state index contributed by atoms with van der Waals surface area (Å²) < 4.78 is 4.64. The largest absolute Gasteiger partial charge is 0.465 e. The number of ether oxygens (including phenoxy) is 1. The van der Waals surface area contributed by atoms with Gasteiger partial charge in [0.2, 0.25) is 5.91 Å². The molecule has 1 saturated carbocycles. The van der Waals surface area contributed by atoms with Crippen LogP contribution in [0.25, 0.3) is 0 Å². The maximum absolute atomic E-state index is 12.0. The van der Waals surface area contributed by atoms with E-state index in [9.17, 15) is 9.59 Å². The molecular weight excluding hydrogens is 324 g/mol. The van der Waals surface area contributed by atoms with Crippen molar-refractivity contribution >= 4 is 34.9 Å². The third-order valence-electron chi connectivity index (χ3n) is 4.32. The Kier molecular flexibility index (Phi) is 7.18. The van der Waals surface area contributed by atoms with Crippen molar-refractivity contribution in [1.29, 1.82) is 0 Å². The molecule has 0 atom stereocenters. The average molecular weight is 348 g/mol. The highest BCUT2D eigenvalue weighted by molar-refractivity contribution is 7.80. The van der Waals surface area contributed by atoms with Crippen LogP contribution in [0, 0.1) is 5.92 Å². The molecule has 0 heterocycles. The van der Waals surface area contributed by atoms with E-state index in [4.69, 9.17) is 12.2 Å². The van der Waals surface area contributed by atoms with Gasteiger partial charge in [0.1, 0.15) is 0 Å². The summed E-state index contributed by atoms with van der Waals surface area (Å²) in [7, 11) is 1.34. The van der Waals surface area contributed by atoms with Gasteiger partial charge < -0.3 is 15.4 Å². The fraction of sp³-hybridized carbons (Fsp3) is 0.500. The van der Waals surface area contributed by atoms with Crippen molar-refractivity contribution in [3.8, 4) is 0 Å². The van der Waals surface area contributed by atoms with Gasteiger partial charge in [0.05, 0.1) is 12.7 Å². The van der Waals surface area contributed by atoms with Crippen LogP contribution in [0.3, 0.4) is 0 Å². The van der Waals surface area contributed by atoms with Gasteiger partial charge in [-0.15, -0.1) is 0 Å². The summed E-state index contributed by atoms with van der Waals surface area (Å²) in [6.45, 7) is 0. The number of hydrogen-bond acceptors (Lipinski definition) is 4. The molecule has 1 aliphatic rings. The Hall–Kier alpha value is -1.95. The van der Waals surface area contributed by atoms with Gasteiger partial charge in [-0.3, -0.25) is 4.79 Å². The monoisotopic (exact) mass is 348 g/mol. The molecule has 1 amide bonds. The Labute approximate surface area is 148 Å². The number of benzene rings is 1. The van der Waals surface area contributed by atoms with Gasteiger partial charge in [0.15, 0.2) is 5.11 Å². The molecule has 130 valence electrons. The van der Waals surface area contributed by atoms with Crippen LogP contribution in [0.1, 0.15) is 55.3 Å². The number of carbonyl (C=O) groups is 2. The summed E-state index contributed by atoms with van der Waals surface area (Å²) in [5.41, 5.74) is 1.17. The minimum atomic E-state index is -0.389. The smallest absolute Gasteiger partial charge is 0.337 e. The lowest BCUT2D eigenvalue weighted by molar-refractivity contribution is -0.120. The van der Waals surface area contributed by atoms with E-state index >= 15 is 0 Å². The van der Waals surface area contributed by atoms with Crippen LogP contribution in [0.15, 0.2) is 24.3 Å². The van der Waals surface area contributed by atoms with Gasteiger partial charge in [-0.25, -0.2) is 4.79 Å². The van der Waals surface area contributed by atoms with Crippen molar-refractivity contribution < 1.29 is 14.3 Å². The number of amides is 1. The van der Waals surface area contributed by atoms with E-state index in [1.54, 1.807) is 24.3 Å². The van der Waals surface area contributed by atoms with Gasteiger partial charge in [-0.2, -0.15) is 0 Å². The Morgan fingerprint density at radius 3 is 2.46 bits per heavy atom. The van der Waals surface area contributed by atoms with Crippen molar-refractivity contribution in [2.75, 3.05) is 12.4 Å². The number of hydrogen-bond donors (Lipinski definition) is 2. The molecule has 1 aromatic rings. The summed E-state index contributed by atoms with van der Waals surface area (Å²) in [6, 6.07) is 6.71. The Morgan fingerprint density at radius 1 is 1.17 bits per heavy atom.